The second kappa shape index (κ2) is 8.44. The molecule has 0 radical (unpaired) electrons. The number of carbonyl (C=O) groups is 1. The number of amides is 1. The molecule has 24 heavy (non-hydrogen) atoms. The average Bonchev–Trinajstić information content (AvgIpc) is 3.16. The number of rotatable bonds is 8. The van der Waals surface area contributed by atoms with E-state index in [1.807, 2.05) is 25.6 Å². The zero-order valence-corrected chi connectivity index (χ0v) is 16.1. The molecule has 2 aromatic rings. The van der Waals surface area contributed by atoms with E-state index in [1.54, 1.807) is 11.3 Å². The van der Waals surface area contributed by atoms with Gasteiger partial charge < -0.3 is 5.32 Å². The van der Waals surface area contributed by atoms with Crippen molar-refractivity contribution in [2.75, 3.05) is 19.6 Å². The first-order valence-corrected chi connectivity index (χ1v) is 9.44. The van der Waals surface area contributed by atoms with Crippen molar-refractivity contribution in [1.82, 2.24) is 20.0 Å². The quantitative estimate of drug-likeness (QED) is 0.798. The Hall–Kier alpha value is -1.66. The lowest BCUT2D eigenvalue weighted by molar-refractivity contribution is -0.120. The number of nitrogens with one attached hydrogen (secondary N) is 1. The summed E-state index contributed by atoms with van der Waals surface area (Å²) in [7, 11) is 1.91. The van der Waals surface area contributed by atoms with Crippen molar-refractivity contribution in [1.29, 1.82) is 0 Å². The zero-order valence-electron chi connectivity index (χ0n) is 15.3. The van der Waals surface area contributed by atoms with Crippen molar-refractivity contribution in [2.45, 2.75) is 40.2 Å². The molecule has 0 fully saturated rings. The Morgan fingerprint density at radius 2 is 2.08 bits per heavy atom. The predicted molar refractivity (Wildman–Crippen MR) is 99.4 cm³/mol. The summed E-state index contributed by atoms with van der Waals surface area (Å²) in [5.74, 6) is 0.0570. The molecule has 1 atom stereocenters. The van der Waals surface area contributed by atoms with Crippen molar-refractivity contribution >= 4 is 17.2 Å². The van der Waals surface area contributed by atoms with E-state index in [0.29, 0.717) is 13.0 Å². The summed E-state index contributed by atoms with van der Waals surface area (Å²) in [5.41, 5.74) is 4.30. The van der Waals surface area contributed by atoms with Crippen LogP contribution in [-0.4, -0.2) is 40.2 Å². The van der Waals surface area contributed by atoms with E-state index in [4.69, 9.17) is 0 Å². The highest BCUT2D eigenvalue weighted by molar-refractivity contribution is 7.07. The van der Waals surface area contributed by atoms with Gasteiger partial charge in [-0.2, -0.15) is 16.4 Å². The molecule has 0 aliphatic rings. The summed E-state index contributed by atoms with van der Waals surface area (Å²) in [5, 5.41) is 11.8. The zero-order chi connectivity index (χ0) is 17.7. The van der Waals surface area contributed by atoms with E-state index in [0.717, 1.165) is 30.0 Å². The minimum Gasteiger partial charge on any atom is -0.354 e. The summed E-state index contributed by atoms with van der Waals surface area (Å²) in [6.45, 7) is 10.9. The Morgan fingerprint density at radius 3 is 2.58 bits per heavy atom. The number of hydrogen-bond donors (Lipinski definition) is 1. The molecule has 0 saturated heterocycles. The van der Waals surface area contributed by atoms with E-state index in [2.05, 4.69) is 46.0 Å². The number of hydrogen-bond acceptors (Lipinski definition) is 4. The molecule has 2 heterocycles. The first-order valence-electron chi connectivity index (χ1n) is 8.49. The summed E-state index contributed by atoms with van der Waals surface area (Å²) in [6.07, 6.45) is 0.389. The van der Waals surface area contributed by atoms with Gasteiger partial charge in [-0.3, -0.25) is 14.4 Å². The van der Waals surface area contributed by atoms with Crippen LogP contribution in [0.2, 0.25) is 0 Å². The van der Waals surface area contributed by atoms with E-state index in [9.17, 15) is 4.79 Å². The van der Waals surface area contributed by atoms with Gasteiger partial charge >= 0.3 is 0 Å². The van der Waals surface area contributed by atoms with Crippen molar-refractivity contribution in [3.63, 3.8) is 0 Å². The van der Waals surface area contributed by atoms with Gasteiger partial charge in [0.15, 0.2) is 0 Å². The van der Waals surface area contributed by atoms with Crippen molar-refractivity contribution < 1.29 is 4.79 Å². The third kappa shape index (κ3) is 4.24. The molecular weight excluding hydrogens is 320 g/mol. The molecular formula is C18H28N4OS. The first kappa shape index (κ1) is 18.7. The molecule has 1 N–H and O–H groups in total. The van der Waals surface area contributed by atoms with Crippen LogP contribution < -0.4 is 5.32 Å². The van der Waals surface area contributed by atoms with E-state index < -0.39 is 0 Å². The molecule has 0 unspecified atom stereocenters. The fourth-order valence-corrected chi connectivity index (χ4v) is 3.80. The smallest absolute Gasteiger partial charge is 0.224 e. The molecule has 0 aromatic carbocycles. The van der Waals surface area contributed by atoms with Gasteiger partial charge in [0, 0.05) is 24.8 Å². The number of thiophene rings is 1. The predicted octanol–water partition coefficient (Wildman–Crippen LogP) is 2.84. The molecule has 5 nitrogen and oxygen atoms in total. The van der Waals surface area contributed by atoms with Crippen LogP contribution in [0.15, 0.2) is 16.8 Å². The molecule has 0 spiro atoms. The third-order valence-corrected chi connectivity index (χ3v) is 5.37. The summed E-state index contributed by atoms with van der Waals surface area (Å²) >= 11 is 1.70. The van der Waals surface area contributed by atoms with Crippen LogP contribution in [0.3, 0.4) is 0 Å². The average molecular weight is 349 g/mol. The lowest BCUT2D eigenvalue weighted by Crippen LogP contribution is -2.38. The number of carbonyl (C=O) groups excluding carboxylic acids is 1. The third-order valence-electron chi connectivity index (χ3n) is 4.67. The highest BCUT2D eigenvalue weighted by atomic mass is 32.1. The summed E-state index contributed by atoms with van der Waals surface area (Å²) in [4.78, 5) is 14.8. The first-order chi connectivity index (χ1) is 11.5. The topological polar surface area (TPSA) is 50.2 Å². The molecule has 132 valence electrons. The molecule has 2 aromatic heterocycles. The second-order valence-corrected chi connectivity index (χ2v) is 6.83. The van der Waals surface area contributed by atoms with Gasteiger partial charge in [-0.25, -0.2) is 0 Å². The summed E-state index contributed by atoms with van der Waals surface area (Å²) in [6, 6.07) is 2.38. The number of nitrogens with zero attached hydrogens (tertiary/aromatic N) is 3. The van der Waals surface area contributed by atoms with Crippen LogP contribution in [-0.2, 0) is 18.3 Å². The standard InChI is InChI=1S/C18H28N4OS/c1-6-22(7-2)17(15-8-9-24-12-15)11-19-18(23)10-16-13(3)20-21(5)14(16)4/h8-9,12,17H,6-7,10-11H2,1-5H3,(H,19,23)/t17-/m1/s1. The van der Waals surface area contributed by atoms with Gasteiger partial charge in [0.25, 0.3) is 0 Å². The van der Waals surface area contributed by atoms with Gasteiger partial charge in [0.1, 0.15) is 0 Å². The minimum atomic E-state index is 0.0570. The Labute approximate surface area is 148 Å². The fraction of sp³-hybridized carbons (Fsp3) is 0.556. The van der Waals surface area contributed by atoms with E-state index >= 15 is 0 Å². The maximum atomic E-state index is 12.4. The number of aryl methyl sites for hydroxylation is 2. The van der Waals surface area contributed by atoms with Crippen LogP contribution >= 0.6 is 11.3 Å². The SMILES string of the molecule is CCN(CC)[C@H](CNC(=O)Cc1c(C)nn(C)c1C)c1ccsc1. The van der Waals surface area contributed by atoms with Gasteiger partial charge in [0.2, 0.25) is 5.91 Å². The normalized spacial score (nSPS) is 12.6. The molecule has 0 saturated carbocycles. The second-order valence-electron chi connectivity index (χ2n) is 6.05. The molecule has 0 bridgehead atoms. The molecule has 0 aliphatic carbocycles. The molecule has 0 aliphatic heterocycles. The van der Waals surface area contributed by atoms with E-state index in [1.165, 1.54) is 5.56 Å². The largest absolute Gasteiger partial charge is 0.354 e. The Bertz CT molecular complexity index is 659. The lowest BCUT2D eigenvalue weighted by atomic mass is 10.1. The molecule has 2 rings (SSSR count). The Morgan fingerprint density at radius 1 is 1.38 bits per heavy atom. The monoisotopic (exact) mass is 348 g/mol. The van der Waals surface area contributed by atoms with Crippen LogP contribution in [0.5, 0.6) is 0 Å². The lowest BCUT2D eigenvalue weighted by Gasteiger charge is -2.29. The summed E-state index contributed by atoms with van der Waals surface area (Å²) < 4.78 is 1.84. The Kier molecular flexibility index (Phi) is 6.57. The van der Waals surface area contributed by atoms with Gasteiger partial charge in [-0.05, 0) is 49.3 Å². The van der Waals surface area contributed by atoms with Crippen LogP contribution in [0.4, 0.5) is 0 Å². The highest BCUT2D eigenvalue weighted by Crippen LogP contribution is 2.22. The maximum absolute atomic E-state index is 12.4. The van der Waals surface area contributed by atoms with Gasteiger partial charge in [-0.1, -0.05) is 13.8 Å². The fourth-order valence-electron chi connectivity index (χ4n) is 3.09. The number of likely N-dealkylation sites (N-methyl/N-ethyl adjacent to an activating group) is 1. The Balaban J connectivity index is 2.02. The van der Waals surface area contributed by atoms with Crippen LogP contribution in [0.1, 0.15) is 42.4 Å². The van der Waals surface area contributed by atoms with Crippen molar-refractivity contribution in [3.05, 3.63) is 39.3 Å². The highest BCUT2D eigenvalue weighted by Gasteiger charge is 2.20. The van der Waals surface area contributed by atoms with Crippen molar-refractivity contribution in [2.24, 2.45) is 7.05 Å². The maximum Gasteiger partial charge on any atom is 0.224 e. The van der Waals surface area contributed by atoms with Crippen LogP contribution in [0.25, 0.3) is 0 Å². The number of aromatic nitrogens is 2. The van der Waals surface area contributed by atoms with E-state index in [-0.39, 0.29) is 11.9 Å². The van der Waals surface area contributed by atoms with Crippen molar-refractivity contribution in [3.8, 4) is 0 Å². The molecule has 1 amide bonds. The van der Waals surface area contributed by atoms with Gasteiger partial charge in [0.05, 0.1) is 18.2 Å². The van der Waals surface area contributed by atoms with Gasteiger partial charge in [-0.15, -0.1) is 0 Å². The molecule has 6 heteroatoms. The minimum absolute atomic E-state index is 0.0570. The van der Waals surface area contributed by atoms with Crippen LogP contribution in [0, 0.1) is 13.8 Å².